The number of halogens is 3. The molecule has 1 nitrogen and oxygen atoms in total. The van der Waals surface area contributed by atoms with Gasteiger partial charge in [0.15, 0.2) is 5.78 Å². The highest BCUT2D eigenvalue weighted by molar-refractivity contribution is 9.10. The van der Waals surface area contributed by atoms with Crippen LogP contribution in [0.5, 0.6) is 0 Å². The van der Waals surface area contributed by atoms with Crippen LogP contribution in [0.15, 0.2) is 34.1 Å². The van der Waals surface area contributed by atoms with Crippen LogP contribution in [-0.2, 0) is 6.42 Å². The number of Topliss-reactive ketones (excluding diaryl/α,β-unsaturated/α-hetero) is 1. The van der Waals surface area contributed by atoms with Gasteiger partial charge in [-0.1, -0.05) is 6.07 Å². The van der Waals surface area contributed by atoms with E-state index in [1.54, 1.807) is 11.4 Å². The number of hydrogen-bond donors (Lipinski definition) is 0. The number of hydrogen-bond acceptors (Lipinski definition) is 2. The average Bonchev–Trinajstić information content (AvgIpc) is 2.70. The minimum absolute atomic E-state index is 0.183. The fourth-order valence-corrected chi connectivity index (χ4v) is 2.97. The van der Waals surface area contributed by atoms with E-state index in [0.29, 0.717) is 9.35 Å². The Bertz CT molecular complexity index is 545. The van der Waals surface area contributed by atoms with Gasteiger partial charge >= 0.3 is 0 Å². The molecule has 0 saturated heterocycles. The van der Waals surface area contributed by atoms with Crippen molar-refractivity contribution in [3.8, 4) is 0 Å². The first kappa shape index (κ1) is 12.4. The van der Waals surface area contributed by atoms with E-state index in [2.05, 4.69) is 15.9 Å². The Labute approximate surface area is 109 Å². The summed E-state index contributed by atoms with van der Waals surface area (Å²) in [5.74, 6) is -1.67. The maximum atomic E-state index is 13.4. The number of ketones is 1. The minimum atomic E-state index is -0.689. The molecule has 0 aliphatic rings. The normalized spacial score (nSPS) is 10.5. The Kier molecular flexibility index (Phi) is 3.69. The molecular formula is C12H7BrF2OS. The summed E-state index contributed by atoms with van der Waals surface area (Å²) in [4.78, 5) is 12.3. The molecule has 5 heteroatoms. The largest absolute Gasteiger partial charge is 0.293 e. The highest BCUT2D eigenvalue weighted by Crippen LogP contribution is 2.25. The first-order valence-electron chi connectivity index (χ1n) is 4.78. The van der Waals surface area contributed by atoms with Gasteiger partial charge in [0.25, 0.3) is 0 Å². The fourth-order valence-electron chi connectivity index (χ4n) is 1.43. The monoisotopic (exact) mass is 316 g/mol. The van der Waals surface area contributed by atoms with Crippen LogP contribution in [0.25, 0.3) is 0 Å². The van der Waals surface area contributed by atoms with Crippen LogP contribution in [0.2, 0.25) is 0 Å². The summed E-state index contributed by atoms with van der Waals surface area (Å²) >= 11 is 4.47. The molecule has 0 bridgehead atoms. The van der Waals surface area contributed by atoms with Gasteiger partial charge in [-0.2, -0.15) is 0 Å². The number of benzene rings is 1. The van der Waals surface area contributed by atoms with Crippen LogP contribution >= 0.6 is 27.3 Å². The third kappa shape index (κ3) is 2.61. The molecule has 2 rings (SSSR count). The zero-order valence-corrected chi connectivity index (χ0v) is 10.9. The maximum Gasteiger partial charge on any atom is 0.178 e. The topological polar surface area (TPSA) is 17.1 Å². The lowest BCUT2D eigenvalue weighted by Crippen LogP contribution is -2.06. The van der Waals surface area contributed by atoms with E-state index in [4.69, 9.17) is 0 Å². The van der Waals surface area contributed by atoms with Crippen molar-refractivity contribution in [3.63, 3.8) is 0 Å². The molecule has 0 spiro atoms. The smallest absolute Gasteiger partial charge is 0.178 e. The van der Waals surface area contributed by atoms with Gasteiger partial charge in [0, 0.05) is 16.5 Å². The highest BCUT2D eigenvalue weighted by Gasteiger charge is 2.17. The van der Waals surface area contributed by atoms with Crippen molar-refractivity contribution in [2.75, 3.05) is 0 Å². The van der Waals surface area contributed by atoms with Gasteiger partial charge < -0.3 is 0 Å². The molecule has 0 atom stereocenters. The van der Waals surface area contributed by atoms with Crippen molar-refractivity contribution in [2.45, 2.75) is 6.42 Å². The van der Waals surface area contributed by atoms with Gasteiger partial charge in [0.05, 0.1) is 4.88 Å². The summed E-state index contributed by atoms with van der Waals surface area (Å²) in [6.45, 7) is 0. The molecule has 2 aromatic rings. The van der Waals surface area contributed by atoms with E-state index < -0.39 is 11.6 Å². The van der Waals surface area contributed by atoms with Crippen molar-refractivity contribution in [3.05, 3.63) is 56.2 Å². The van der Waals surface area contributed by atoms with Gasteiger partial charge in [-0.15, -0.1) is 11.3 Å². The highest BCUT2D eigenvalue weighted by atomic mass is 79.9. The van der Waals surface area contributed by atoms with Gasteiger partial charge in [0.2, 0.25) is 0 Å². The third-order valence-corrected chi connectivity index (χ3v) is 4.15. The zero-order chi connectivity index (χ0) is 12.4. The lowest BCUT2D eigenvalue weighted by molar-refractivity contribution is 0.0993. The first-order chi connectivity index (χ1) is 8.09. The van der Waals surface area contributed by atoms with Crippen LogP contribution in [0, 0.1) is 11.6 Å². The van der Waals surface area contributed by atoms with Crippen molar-refractivity contribution in [1.82, 2.24) is 0 Å². The average molecular weight is 317 g/mol. The summed E-state index contributed by atoms with van der Waals surface area (Å²) in [6, 6.07) is 5.31. The molecule has 88 valence electrons. The van der Waals surface area contributed by atoms with E-state index >= 15 is 0 Å². The summed E-state index contributed by atoms with van der Waals surface area (Å²) in [7, 11) is 0. The summed E-state index contributed by atoms with van der Waals surface area (Å²) in [5, 5.41) is 1.75. The predicted molar refractivity (Wildman–Crippen MR) is 66.4 cm³/mol. The molecule has 1 aromatic carbocycles. The van der Waals surface area contributed by atoms with Gasteiger partial charge in [-0.25, -0.2) is 8.78 Å². The molecule has 1 heterocycles. The molecule has 0 fully saturated rings. The quantitative estimate of drug-likeness (QED) is 0.775. The van der Waals surface area contributed by atoms with Crippen LogP contribution in [0.4, 0.5) is 8.78 Å². The lowest BCUT2D eigenvalue weighted by atomic mass is 10.1. The van der Waals surface area contributed by atoms with Crippen molar-refractivity contribution in [1.29, 1.82) is 0 Å². The molecule has 0 N–H and O–H groups in total. The van der Waals surface area contributed by atoms with E-state index in [0.717, 1.165) is 12.1 Å². The SMILES string of the molecule is O=C(Cc1c(F)cccc1F)c1sccc1Br. The van der Waals surface area contributed by atoms with Crippen molar-refractivity contribution < 1.29 is 13.6 Å². The van der Waals surface area contributed by atoms with E-state index in [1.165, 1.54) is 17.4 Å². The van der Waals surface area contributed by atoms with E-state index in [-0.39, 0.29) is 17.8 Å². The van der Waals surface area contributed by atoms with E-state index in [1.807, 2.05) is 0 Å². The van der Waals surface area contributed by atoms with Crippen molar-refractivity contribution >= 4 is 33.0 Å². The third-order valence-electron chi connectivity index (χ3n) is 2.27. The van der Waals surface area contributed by atoms with Gasteiger partial charge in [-0.05, 0) is 39.5 Å². The van der Waals surface area contributed by atoms with Gasteiger partial charge in [-0.3, -0.25) is 4.79 Å². The Hall–Kier alpha value is -1.07. The Balaban J connectivity index is 2.28. The minimum Gasteiger partial charge on any atom is -0.293 e. The molecule has 0 unspecified atom stereocenters. The Morgan fingerprint density at radius 3 is 2.41 bits per heavy atom. The summed E-state index contributed by atoms with van der Waals surface area (Å²) in [5.41, 5.74) is -0.183. The fraction of sp³-hybridized carbons (Fsp3) is 0.0833. The summed E-state index contributed by atoms with van der Waals surface area (Å²) < 4.78 is 27.4. The standard InChI is InChI=1S/C12H7BrF2OS/c13-8-4-5-17-12(8)11(16)6-7-9(14)2-1-3-10(7)15/h1-5H,6H2. The van der Waals surface area contributed by atoms with Crippen LogP contribution in [0.3, 0.4) is 0 Å². The maximum absolute atomic E-state index is 13.4. The second kappa shape index (κ2) is 5.06. The van der Waals surface area contributed by atoms with Gasteiger partial charge in [0.1, 0.15) is 11.6 Å². The summed E-state index contributed by atoms with van der Waals surface area (Å²) in [6.07, 6.45) is -0.266. The molecule has 17 heavy (non-hydrogen) atoms. The van der Waals surface area contributed by atoms with Crippen LogP contribution < -0.4 is 0 Å². The Morgan fingerprint density at radius 1 is 1.24 bits per heavy atom. The molecule has 0 aliphatic heterocycles. The Morgan fingerprint density at radius 2 is 1.88 bits per heavy atom. The van der Waals surface area contributed by atoms with Crippen LogP contribution in [0.1, 0.15) is 15.2 Å². The number of thiophene rings is 1. The molecule has 0 aliphatic carbocycles. The molecule has 0 radical (unpaired) electrons. The molecule has 0 amide bonds. The second-order valence-corrected chi connectivity index (χ2v) is 5.17. The van der Waals surface area contributed by atoms with E-state index in [9.17, 15) is 13.6 Å². The number of rotatable bonds is 3. The number of carbonyl (C=O) groups is 1. The van der Waals surface area contributed by atoms with Crippen LogP contribution in [-0.4, -0.2) is 5.78 Å². The second-order valence-electron chi connectivity index (χ2n) is 3.40. The number of carbonyl (C=O) groups excluding carboxylic acids is 1. The molecular weight excluding hydrogens is 310 g/mol. The molecule has 1 aromatic heterocycles. The zero-order valence-electron chi connectivity index (χ0n) is 8.54. The predicted octanol–water partition coefficient (Wildman–Crippen LogP) is 4.21. The van der Waals surface area contributed by atoms with Crippen molar-refractivity contribution in [2.24, 2.45) is 0 Å². The molecule has 0 saturated carbocycles. The first-order valence-corrected chi connectivity index (χ1v) is 6.46. The lowest BCUT2D eigenvalue weighted by Gasteiger charge is -2.03.